The number of hydrogen-bond donors (Lipinski definition) is 2. The van der Waals surface area contributed by atoms with E-state index in [2.05, 4.69) is 10.6 Å². The van der Waals surface area contributed by atoms with Gasteiger partial charge in [0.05, 0.1) is 12.0 Å². The SMILES string of the molecule is COc1ccc(C(=O)NCc2cccc(NC(=O)c3ccc(F)cc3)c2)cc1[N+](=O)[O-]. The number of methoxy groups -OCH3 is 1. The Labute approximate surface area is 176 Å². The Kier molecular flexibility index (Phi) is 6.56. The number of halogens is 1. The molecule has 2 N–H and O–H groups in total. The van der Waals surface area contributed by atoms with E-state index in [1.165, 1.54) is 43.5 Å². The molecule has 0 aliphatic carbocycles. The van der Waals surface area contributed by atoms with Gasteiger partial charge in [0.1, 0.15) is 5.82 Å². The van der Waals surface area contributed by atoms with Crippen molar-refractivity contribution in [2.24, 2.45) is 0 Å². The molecule has 0 aliphatic rings. The summed E-state index contributed by atoms with van der Waals surface area (Å²) in [6.45, 7) is 0.138. The molecule has 9 heteroatoms. The van der Waals surface area contributed by atoms with Crippen molar-refractivity contribution in [3.63, 3.8) is 0 Å². The fraction of sp³-hybridized carbons (Fsp3) is 0.0909. The highest BCUT2D eigenvalue weighted by Crippen LogP contribution is 2.27. The predicted octanol–water partition coefficient (Wildman–Crippen LogP) is 3.92. The van der Waals surface area contributed by atoms with Crippen molar-refractivity contribution in [1.29, 1.82) is 0 Å². The maximum absolute atomic E-state index is 13.0. The quantitative estimate of drug-likeness (QED) is 0.442. The number of hydrogen-bond acceptors (Lipinski definition) is 5. The second-order valence-corrected chi connectivity index (χ2v) is 6.49. The highest BCUT2D eigenvalue weighted by atomic mass is 19.1. The topological polar surface area (TPSA) is 111 Å². The number of anilines is 1. The monoisotopic (exact) mass is 423 g/mol. The zero-order valence-corrected chi connectivity index (χ0v) is 16.4. The molecule has 0 atom stereocenters. The molecule has 0 aromatic heterocycles. The summed E-state index contributed by atoms with van der Waals surface area (Å²) in [6, 6.07) is 15.9. The second-order valence-electron chi connectivity index (χ2n) is 6.49. The molecule has 8 nitrogen and oxygen atoms in total. The maximum Gasteiger partial charge on any atom is 0.311 e. The summed E-state index contributed by atoms with van der Waals surface area (Å²) >= 11 is 0. The van der Waals surface area contributed by atoms with Crippen molar-refractivity contribution >= 4 is 23.2 Å². The molecule has 0 saturated heterocycles. The smallest absolute Gasteiger partial charge is 0.311 e. The Morgan fingerprint density at radius 3 is 2.39 bits per heavy atom. The number of rotatable bonds is 7. The molecule has 0 fully saturated rings. The Morgan fingerprint density at radius 2 is 1.71 bits per heavy atom. The molecule has 0 unspecified atom stereocenters. The van der Waals surface area contributed by atoms with Crippen molar-refractivity contribution in [3.05, 3.63) is 99.4 Å². The van der Waals surface area contributed by atoms with Crippen LogP contribution >= 0.6 is 0 Å². The Bertz CT molecular complexity index is 1130. The Hall–Kier alpha value is -4.27. The van der Waals surface area contributed by atoms with Crippen LogP contribution in [0.2, 0.25) is 0 Å². The summed E-state index contributed by atoms with van der Waals surface area (Å²) in [7, 11) is 1.31. The number of amides is 2. The number of nitro groups is 1. The van der Waals surface area contributed by atoms with Crippen LogP contribution in [0.3, 0.4) is 0 Å². The lowest BCUT2D eigenvalue weighted by atomic mass is 10.1. The van der Waals surface area contributed by atoms with Crippen molar-refractivity contribution in [1.82, 2.24) is 5.32 Å². The molecule has 0 bridgehead atoms. The maximum atomic E-state index is 13.0. The fourth-order valence-electron chi connectivity index (χ4n) is 2.82. The minimum atomic E-state index is -0.622. The summed E-state index contributed by atoms with van der Waals surface area (Å²) in [4.78, 5) is 35.1. The zero-order valence-electron chi connectivity index (χ0n) is 16.4. The van der Waals surface area contributed by atoms with Gasteiger partial charge >= 0.3 is 5.69 Å². The molecule has 0 spiro atoms. The van der Waals surface area contributed by atoms with E-state index in [9.17, 15) is 24.1 Å². The van der Waals surface area contributed by atoms with Gasteiger partial charge in [0.2, 0.25) is 0 Å². The van der Waals surface area contributed by atoms with Gasteiger partial charge < -0.3 is 15.4 Å². The molecular weight excluding hydrogens is 405 g/mol. The van der Waals surface area contributed by atoms with Gasteiger partial charge in [-0.2, -0.15) is 0 Å². The van der Waals surface area contributed by atoms with E-state index in [4.69, 9.17) is 4.74 Å². The first-order chi connectivity index (χ1) is 14.9. The second kappa shape index (κ2) is 9.49. The van der Waals surface area contributed by atoms with Gasteiger partial charge in [-0.05, 0) is 54.1 Å². The summed E-state index contributed by atoms with van der Waals surface area (Å²) in [5, 5.41) is 16.5. The van der Waals surface area contributed by atoms with E-state index in [0.717, 1.165) is 6.07 Å². The van der Waals surface area contributed by atoms with Gasteiger partial charge in [-0.1, -0.05) is 12.1 Å². The van der Waals surface area contributed by atoms with E-state index in [1.54, 1.807) is 24.3 Å². The highest BCUT2D eigenvalue weighted by Gasteiger charge is 2.18. The standard InChI is InChI=1S/C22H18FN3O5/c1-31-20-10-7-16(12-19(20)26(29)30)21(27)24-13-14-3-2-4-18(11-14)25-22(28)15-5-8-17(23)9-6-15/h2-12H,13H2,1H3,(H,24,27)(H,25,28). The van der Waals surface area contributed by atoms with Crippen molar-refractivity contribution < 1.29 is 23.6 Å². The Morgan fingerprint density at radius 1 is 1.00 bits per heavy atom. The number of nitro benzene ring substituents is 1. The van der Waals surface area contributed by atoms with E-state index >= 15 is 0 Å². The first-order valence-electron chi connectivity index (χ1n) is 9.14. The average Bonchev–Trinajstić information content (AvgIpc) is 2.77. The molecule has 31 heavy (non-hydrogen) atoms. The van der Waals surface area contributed by atoms with Gasteiger partial charge in [-0.25, -0.2) is 4.39 Å². The van der Waals surface area contributed by atoms with E-state index in [0.29, 0.717) is 16.8 Å². The van der Waals surface area contributed by atoms with Crippen LogP contribution in [-0.2, 0) is 6.54 Å². The molecule has 3 aromatic rings. The third-order valence-electron chi connectivity index (χ3n) is 4.38. The normalized spacial score (nSPS) is 10.3. The van der Waals surface area contributed by atoms with Gasteiger partial charge in [-0.15, -0.1) is 0 Å². The molecule has 0 heterocycles. The summed E-state index contributed by atoms with van der Waals surface area (Å²) < 4.78 is 17.9. The summed E-state index contributed by atoms with van der Waals surface area (Å²) in [5.74, 6) is -1.26. The van der Waals surface area contributed by atoms with E-state index in [1.807, 2.05) is 0 Å². The highest BCUT2D eigenvalue weighted by molar-refractivity contribution is 6.04. The largest absolute Gasteiger partial charge is 0.490 e. The van der Waals surface area contributed by atoms with Gasteiger partial charge in [0.15, 0.2) is 5.75 Å². The number of ether oxygens (including phenoxy) is 1. The molecule has 3 aromatic carbocycles. The van der Waals surface area contributed by atoms with Gasteiger partial charge in [0.25, 0.3) is 11.8 Å². The average molecular weight is 423 g/mol. The molecule has 2 amide bonds. The Balaban J connectivity index is 1.65. The lowest BCUT2D eigenvalue weighted by Crippen LogP contribution is -2.23. The minimum Gasteiger partial charge on any atom is -0.490 e. The van der Waals surface area contributed by atoms with Gasteiger partial charge in [0, 0.05) is 29.4 Å². The van der Waals surface area contributed by atoms with Crippen LogP contribution in [0.4, 0.5) is 15.8 Å². The van der Waals surface area contributed by atoms with Gasteiger partial charge in [-0.3, -0.25) is 19.7 Å². The first-order valence-corrected chi connectivity index (χ1v) is 9.14. The molecule has 158 valence electrons. The number of nitrogens with one attached hydrogen (secondary N) is 2. The zero-order chi connectivity index (χ0) is 22.4. The lowest BCUT2D eigenvalue weighted by molar-refractivity contribution is -0.385. The van der Waals surface area contributed by atoms with Crippen LogP contribution in [0, 0.1) is 15.9 Å². The van der Waals surface area contributed by atoms with Crippen LogP contribution in [0.25, 0.3) is 0 Å². The van der Waals surface area contributed by atoms with Crippen LogP contribution < -0.4 is 15.4 Å². The van der Waals surface area contributed by atoms with Crippen molar-refractivity contribution in [2.45, 2.75) is 6.54 Å². The number of carbonyl (C=O) groups is 2. The number of benzene rings is 3. The third-order valence-corrected chi connectivity index (χ3v) is 4.38. The van der Waals surface area contributed by atoms with Crippen LogP contribution in [0.5, 0.6) is 5.75 Å². The minimum absolute atomic E-state index is 0.0612. The summed E-state index contributed by atoms with van der Waals surface area (Å²) in [5.41, 5.74) is 1.32. The molecular formula is C22H18FN3O5. The molecule has 0 saturated carbocycles. The number of carbonyl (C=O) groups excluding carboxylic acids is 2. The lowest BCUT2D eigenvalue weighted by Gasteiger charge is -2.09. The van der Waals surface area contributed by atoms with Crippen LogP contribution in [-0.4, -0.2) is 23.8 Å². The van der Waals surface area contributed by atoms with Crippen molar-refractivity contribution in [2.75, 3.05) is 12.4 Å². The van der Waals surface area contributed by atoms with E-state index in [-0.39, 0.29) is 23.5 Å². The summed E-state index contributed by atoms with van der Waals surface area (Å²) in [6.07, 6.45) is 0. The molecule has 0 radical (unpaired) electrons. The molecule has 3 rings (SSSR count). The van der Waals surface area contributed by atoms with Crippen LogP contribution in [0.1, 0.15) is 26.3 Å². The third kappa shape index (κ3) is 5.41. The molecule has 0 aliphatic heterocycles. The van der Waals surface area contributed by atoms with E-state index < -0.39 is 22.6 Å². The van der Waals surface area contributed by atoms with Crippen molar-refractivity contribution in [3.8, 4) is 5.75 Å². The fourth-order valence-corrected chi connectivity index (χ4v) is 2.82. The predicted molar refractivity (Wildman–Crippen MR) is 112 cm³/mol. The van der Waals surface area contributed by atoms with Crippen LogP contribution in [0.15, 0.2) is 66.7 Å². The number of nitrogens with zero attached hydrogens (tertiary/aromatic N) is 1. The first kappa shape index (κ1) is 21.4.